The summed E-state index contributed by atoms with van der Waals surface area (Å²) in [5.41, 5.74) is 2.01. The highest BCUT2D eigenvalue weighted by Gasteiger charge is 2.54. The van der Waals surface area contributed by atoms with Gasteiger partial charge in [0.1, 0.15) is 10.9 Å². The van der Waals surface area contributed by atoms with Crippen molar-refractivity contribution in [2.24, 2.45) is 0 Å². The van der Waals surface area contributed by atoms with E-state index in [0.717, 1.165) is 16.7 Å². The number of hydrogen-bond acceptors (Lipinski definition) is 5. The molecule has 5 nitrogen and oxygen atoms in total. The van der Waals surface area contributed by atoms with Gasteiger partial charge in [0.25, 0.3) is 0 Å². The van der Waals surface area contributed by atoms with E-state index >= 15 is 0 Å². The van der Waals surface area contributed by atoms with Gasteiger partial charge in [-0.05, 0) is 64.7 Å². The molecule has 1 aliphatic heterocycles. The van der Waals surface area contributed by atoms with E-state index in [2.05, 4.69) is 38.8 Å². The van der Waals surface area contributed by atoms with Gasteiger partial charge in [-0.2, -0.15) is 0 Å². The van der Waals surface area contributed by atoms with Gasteiger partial charge in [-0.3, -0.25) is 4.90 Å². The molecule has 216 valence electrons. The summed E-state index contributed by atoms with van der Waals surface area (Å²) in [7, 11) is -5.64. The van der Waals surface area contributed by atoms with Crippen LogP contribution < -0.4 is 0 Å². The lowest BCUT2D eigenvalue weighted by molar-refractivity contribution is -0.112. The number of aliphatic hydroxyl groups is 1. The monoisotopic (exact) mass is 619 g/mol. The molecule has 0 bridgehead atoms. The molecule has 1 fully saturated rings. The Labute approximate surface area is 250 Å². The standard InChI is InChI=1S/C31H39Cl2NO4SSi/c1-30(2,3)40(5,6)38-19-22-8-7-9-25(18-22)29(39(4,36)37)31(35)20-34(21-31)28(23-10-14-26(32)15-11-23)24-12-16-27(33)17-13-24/h7-18,28-29,35H,19-21H2,1-6H3. The minimum absolute atomic E-state index is 0.0646. The van der Waals surface area contributed by atoms with Crippen molar-refractivity contribution in [3.63, 3.8) is 0 Å². The number of β-amino-alcohol motifs (C(OH)–C–C–N with tert-alkyl or cyclic N) is 1. The molecule has 1 N–H and O–H groups in total. The number of benzene rings is 3. The van der Waals surface area contributed by atoms with Crippen LogP contribution in [0.2, 0.25) is 28.2 Å². The highest BCUT2D eigenvalue weighted by atomic mass is 35.5. The molecule has 1 saturated heterocycles. The van der Waals surface area contributed by atoms with Crippen molar-refractivity contribution in [2.75, 3.05) is 19.3 Å². The zero-order valence-corrected chi connectivity index (χ0v) is 27.3. The van der Waals surface area contributed by atoms with Gasteiger partial charge in [0, 0.05) is 29.4 Å². The van der Waals surface area contributed by atoms with Crippen molar-refractivity contribution < 1.29 is 18.0 Å². The summed E-state index contributed by atoms with van der Waals surface area (Å²) in [6.07, 6.45) is 1.20. The highest BCUT2D eigenvalue weighted by Crippen LogP contribution is 2.45. The number of nitrogens with zero attached hydrogens (tertiary/aromatic N) is 1. The van der Waals surface area contributed by atoms with Crippen LogP contribution in [0, 0.1) is 0 Å². The third-order valence-corrected chi connectivity index (χ3v) is 14.8. The molecule has 9 heteroatoms. The normalized spacial score (nSPS) is 17.1. The quantitative estimate of drug-likeness (QED) is 0.252. The van der Waals surface area contributed by atoms with Crippen molar-refractivity contribution >= 4 is 41.4 Å². The largest absolute Gasteiger partial charge is 0.413 e. The Kier molecular flexibility index (Phi) is 8.99. The summed E-state index contributed by atoms with van der Waals surface area (Å²) in [5, 5.41) is 12.1. The van der Waals surface area contributed by atoms with E-state index in [1.54, 1.807) is 6.07 Å². The van der Waals surface area contributed by atoms with E-state index in [-0.39, 0.29) is 24.2 Å². The summed E-state index contributed by atoms with van der Waals surface area (Å²) in [4.78, 5) is 2.09. The molecular weight excluding hydrogens is 581 g/mol. The summed E-state index contributed by atoms with van der Waals surface area (Å²) in [5.74, 6) is 0. The lowest BCUT2D eigenvalue weighted by Gasteiger charge is -2.53. The molecule has 1 atom stereocenters. The number of hydrogen-bond donors (Lipinski definition) is 1. The lowest BCUT2D eigenvalue weighted by Crippen LogP contribution is -2.66. The number of halogens is 2. The maximum atomic E-state index is 13.2. The summed E-state index contributed by atoms with van der Waals surface area (Å²) in [6.45, 7) is 11.7. The number of sulfone groups is 1. The van der Waals surface area contributed by atoms with E-state index in [1.807, 2.05) is 66.7 Å². The van der Waals surface area contributed by atoms with E-state index < -0.39 is 29.0 Å². The predicted molar refractivity (Wildman–Crippen MR) is 167 cm³/mol. The fourth-order valence-corrected chi connectivity index (χ4v) is 7.99. The third-order valence-electron chi connectivity index (χ3n) is 8.27. The van der Waals surface area contributed by atoms with Crippen LogP contribution in [0.1, 0.15) is 54.3 Å². The first kappa shape index (κ1) is 31.2. The van der Waals surface area contributed by atoms with Crippen molar-refractivity contribution in [1.29, 1.82) is 0 Å². The van der Waals surface area contributed by atoms with E-state index in [0.29, 0.717) is 22.2 Å². The Hall–Kier alpha value is -1.71. The second kappa shape index (κ2) is 11.5. The van der Waals surface area contributed by atoms with Crippen molar-refractivity contribution in [2.45, 2.75) is 62.4 Å². The van der Waals surface area contributed by atoms with Crippen LogP contribution in [0.5, 0.6) is 0 Å². The van der Waals surface area contributed by atoms with Crippen LogP contribution >= 0.6 is 23.2 Å². The second-order valence-corrected chi connectivity index (χ2v) is 20.3. The Bertz CT molecular complexity index is 1390. The van der Waals surface area contributed by atoms with Crippen LogP contribution in [0.25, 0.3) is 0 Å². The molecule has 3 aromatic carbocycles. The molecule has 4 rings (SSSR count). The van der Waals surface area contributed by atoms with E-state index in [9.17, 15) is 13.5 Å². The first-order valence-corrected chi connectivity index (χ1v) is 19.0. The molecule has 0 amide bonds. The first-order valence-electron chi connectivity index (χ1n) is 13.4. The van der Waals surface area contributed by atoms with Crippen LogP contribution in [0.3, 0.4) is 0 Å². The van der Waals surface area contributed by atoms with Crippen LogP contribution in [-0.4, -0.2) is 51.7 Å². The molecule has 0 saturated carbocycles. The molecule has 0 aliphatic carbocycles. The zero-order chi connectivity index (χ0) is 29.5. The highest BCUT2D eigenvalue weighted by molar-refractivity contribution is 7.91. The van der Waals surface area contributed by atoms with Gasteiger partial charge in [-0.15, -0.1) is 0 Å². The Morgan fingerprint density at radius 3 is 1.88 bits per heavy atom. The maximum Gasteiger partial charge on any atom is 0.192 e. The predicted octanol–water partition coefficient (Wildman–Crippen LogP) is 7.44. The molecule has 3 aromatic rings. The van der Waals surface area contributed by atoms with Crippen LogP contribution in [-0.2, 0) is 20.9 Å². The molecule has 0 radical (unpaired) electrons. The average Bonchev–Trinajstić information content (AvgIpc) is 2.83. The molecule has 0 aromatic heterocycles. The van der Waals surface area contributed by atoms with E-state index in [4.69, 9.17) is 27.6 Å². The van der Waals surface area contributed by atoms with Gasteiger partial charge in [0.05, 0.1) is 12.6 Å². The number of rotatable bonds is 9. The molecule has 0 spiro atoms. The topological polar surface area (TPSA) is 66.8 Å². The van der Waals surface area contributed by atoms with Gasteiger partial charge in [0.15, 0.2) is 18.2 Å². The SMILES string of the molecule is CC(C)(C)[Si](C)(C)OCc1cccc(C(C2(O)CN(C(c3ccc(Cl)cc3)c3ccc(Cl)cc3)C2)S(C)(=O)=O)c1. The Morgan fingerprint density at radius 2 is 1.43 bits per heavy atom. The number of likely N-dealkylation sites (tertiary alicyclic amines) is 1. The van der Waals surface area contributed by atoms with Crippen molar-refractivity contribution in [1.82, 2.24) is 4.90 Å². The van der Waals surface area contributed by atoms with E-state index in [1.165, 1.54) is 6.26 Å². The van der Waals surface area contributed by atoms with Gasteiger partial charge in [-0.25, -0.2) is 8.42 Å². The van der Waals surface area contributed by atoms with Gasteiger partial charge in [-0.1, -0.05) is 92.5 Å². The third kappa shape index (κ3) is 6.84. The first-order chi connectivity index (χ1) is 18.5. The van der Waals surface area contributed by atoms with Gasteiger partial charge in [0.2, 0.25) is 0 Å². The molecule has 1 heterocycles. The van der Waals surface area contributed by atoms with Crippen LogP contribution in [0.15, 0.2) is 72.8 Å². The Balaban J connectivity index is 1.62. The minimum atomic E-state index is -3.65. The van der Waals surface area contributed by atoms with Gasteiger partial charge >= 0.3 is 0 Å². The summed E-state index contributed by atoms with van der Waals surface area (Å²) >= 11 is 12.3. The summed E-state index contributed by atoms with van der Waals surface area (Å²) in [6, 6.07) is 22.4. The van der Waals surface area contributed by atoms with Crippen molar-refractivity contribution in [3.05, 3.63) is 105 Å². The molecular formula is C31H39Cl2NO4SSi. The lowest BCUT2D eigenvalue weighted by atomic mass is 9.82. The van der Waals surface area contributed by atoms with Gasteiger partial charge < -0.3 is 9.53 Å². The molecule has 1 aliphatic rings. The smallest absolute Gasteiger partial charge is 0.192 e. The van der Waals surface area contributed by atoms with Crippen LogP contribution in [0.4, 0.5) is 0 Å². The van der Waals surface area contributed by atoms with Crippen molar-refractivity contribution in [3.8, 4) is 0 Å². The fourth-order valence-electron chi connectivity index (χ4n) is 5.19. The Morgan fingerprint density at radius 1 is 0.925 bits per heavy atom. The summed E-state index contributed by atoms with van der Waals surface area (Å²) < 4.78 is 32.8. The maximum absolute atomic E-state index is 13.2. The average molecular weight is 621 g/mol. The molecule has 40 heavy (non-hydrogen) atoms. The minimum Gasteiger partial charge on any atom is -0.413 e. The second-order valence-electron chi connectivity index (χ2n) is 12.5. The zero-order valence-electron chi connectivity index (χ0n) is 24.0. The fraction of sp³-hybridized carbons (Fsp3) is 0.419. The molecule has 1 unspecified atom stereocenters.